The Morgan fingerprint density at radius 1 is 0.972 bits per heavy atom. The first-order chi connectivity index (χ1) is 16.8. The molecule has 1 unspecified atom stereocenters. The molecule has 1 heterocycles. The van der Waals surface area contributed by atoms with E-state index in [2.05, 4.69) is 83.1 Å². The molecule has 0 aliphatic carbocycles. The van der Waals surface area contributed by atoms with E-state index >= 15 is 0 Å². The van der Waals surface area contributed by atoms with Crippen LogP contribution in [0, 0.1) is 11.8 Å². The van der Waals surface area contributed by atoms with E-state index in [1.54, 1.807) is 0 Å². The van der Waals surface area contributed by atoms with Crippen molar-refractivity contribution >= 4 is 24.8 Å². The maximum absolute atomic E-state index is 13.3. The maximum atomic E-state index is 13.3. The second kappa shape index (κ2) is 11.1. The first kappa shape index (κ1) is 28.4. The fourth-order valence-corrected chi connectivity index (χ4v) is 10.2. The molecule has 3 atom stereocenters. The average Bonchev–Trinajstić information content (AvgIpc) is 3.07. The van der Waals surface area contributed by atoms with Crippen molar-refractivity contribution in [3.63, 3.8) is 0 Å². The molecule has 1 amide bonds. The van der Waals surface area contributed by atoms with E-state index < -0.39 is 26.2 Å². The quantitative estimate of drug-likeness (QED) is 0.495. The molecule has 1 aliphatic heterocycles. The highest BCUT2D eigenvalue weighted by molar-refractivity contribution is 6.99. The molecule has 3 rings (SSSR count). The number of amides is 1. The van der Waals surface area contributed by atoms with Gasteiger partial charge in [-0.25, -0.2) is 4.79 Å². The van der Waals surface area contributed by atoms with Gasteiger partial charge in [-0.15, -0.1) is 0 Å². The van der Waals surface area contributed by atoms with E-state index in [1.165, 1.54) is 15.3 Å². The molecule has 0 aromatic heterocycles. The molecule has 6 heteroatoms. The van der Waals surface area contributed by atoms with Crippen LogP contribution in [0.1, 0.15) is 68.2 Å². The summed E-state index contributed by atoms with van der Waals surface area (Å²) in [5, 5.41) is 13.2. The van der Waals surface area contributed by atoms with Crippen molar-refractivity contribution in [3.8, 4) is 0 Å². The fraction of sp³-hybridized carbons (Fsp3) is 0.567. The molecule has 2 aromatic rings. The summed E-state index contributed by atoms with van der Waals surface area (Å²) >= 11 is 0. The van der Waals surface area contributed by atoms with Crippen molar-refractivity contribution in [1.82, 2.24) is 4.90 Å². The minimum absolute atomic E-state index is 0.130. The molecule has 198 valence electrons. The molecule has 1 N–H and O–H groups in total. The molecular weight excluding hydrogens is 466 g/mol. The van der Waals surface area contributed by atoms with Gasteiger partial charge >= 0.3 is 6.09 Å². The second-order valence-corrected chi connectivity index (χ2v) is 16.8. The van der Waals surface area contributed by atoms with Gasteiger partial charge in [-0.05, 0) is 60.9 Å². The van der Waals surface area contributed by atoms with Gasteiger partial charge in [0.2, 0.25) is 0 Å². The Bertz CT molecular complexity index is 942. The lowest BCUT2D eigenvalue weighted by Gasteiger charge is -2.44. The summed E-state index contributed by atoms with van der Waals surface area (Å²) in [5.41, 5.74) is -0.643. The number of benzene rings is 2. The molecule has 36 heavy (non-hydrogen) atoms. The number of carbonyl (C=O) groups excluding carboxylic acids is 1. The van der Waals surface area contributed by atoms with Crippen molar-refractivity contribution in [2.24, 2.45) is 11.8 Å². The van der Waals surface area contributed by atoms with Crippen LogP contribution in [-0.4, -0.2) is 48.9 Å². The van der Waals surface area contributed by atoms with Gasteiger partial charge in [-0.1, -0.05) is 95.3 Å². The summed E-state index contributed by atoms with van der Waals surface area (Å²) in [7, 11) is -2.78. The SMILES string of the molecule is CC(C)C[C@@H]1CC(O)N(C(=O)OC(C)(C)C)[C@H]1CO[Si](c1ccccc1)(c1ccccc1)C(C)(C)C. The fourth-order valence-electron chi connectivity index (χ4n) is 5.61. The number of nitrogens with zero attached hydrogens (tertiary/aromatic N) is 1. The van der Waals surface area contributed by atoms with Crippen LogP contribution >= 0.6 is 0 Å². The van der Waals surface area contributed by atoms with E-state index in [4.69, 9.17) is 9.16 Å². The van der Waals surface area contributed by atoms with E-state index in [-0.39, 0.29) is 17.0 Å². The number of rotatable bonds is 7. The van der Waals surface area contributed by atoms with Crippen molar-refractivity contribution in [2.45, 2.75) is 91.1 Å². The van der Waals surface area contributed by atoms with Crippen molar-refractivity contribution in [1.29, 1.82) is 0 Å². The monoisotopic (exact) mass is 511 g/mol. The predicted octanol–water partition coefficient (Wildman–Crippen LogP) is 5.55. The third kappa shape index (κ3) is 6.21. The second-order valence-electron chi connectivity index (χ2n) is 12.5. The van der Waals surface area contributed by atoms with Crippen molar-refractivity contribution in [3.05, 3.63) is 60.7 Å². The van der Waals surface area contributed by atoms with Gasteiger partial charge in [0, 0.05) is 0 Å². The van der Waals surface area contributed by atoms with Gasteiger partial charge in [0.05, 0.1) is 12.6 Å². The van der Waals surface area contributed by atoms with E-state index in [0.29, 0.717) is 18.9 Å². The van der Waals surface area contributed by atoms with Gasteiger partial charge in [-0.3, -0.25) is 4.90 Å². The van der Waals surface area contributed by atoms with Crippen LogP contribution in [0.5, 0.6) is 0 Å². The molecule has 0 spiro atoms. The average molecular weight is 512 g/mol. The van der Waals surface area contributed by atoms with E-state index in [1.807, 2.05) is 32.9 Å². The number of aliphatic hydroxyl groups is 1. The molecule has 0 radical (unpaired) electrons. The Morgan fingerprint density at radius 3 is 1.89 bits per heavy atom. The van der Waals surface area contributed by atoms with Crippen LogP contribution in [0.25, 0.3) is 0 Å². The molecule has 5 nitrogen and oxygen atoms in total. The minimum atomic E-state index is -2.78. The predicted molar refractivity (Wildman–Crippen MR) is 149 cm³/mol. The van der Waals surface area contributed by atoms with Crippen molar-refractivity contribution in [2.75, 3.05) is 6.61 Å². The Hall–Kier alpha value is -2.15. The number of aliphatic hydroxyl groups excluding tert-OH is 1. The summed E-state index contributed by atoms with van der Waals surface area (Å²) < 4.78 is 12.9. The summed E-state index contributed by atoms with van der Waals surface area (Å²) in [5.74, 6) is 0.571. The van der Waals surface area contributed by atoms with Gasteiger partial charge < -0.3 is 14.3 Å². The normalized spacial score (nSPS) is 21.2. The lowest BCUT2D eigenvalue weighted by atomic mass is 9.91. The lowest BCUT2D eigenvalue weighted by molar-refractivity contribution is -0.0305. The zero-order valence-corrected chi connectivity index (χ0v) is 24.3. The lowest BCUT2D eigenvalue weighted by Crippen LogP contribution is -2.67. The number of carbonyl (C=O) groups is 1. The smallest absolute Gasteiger partial charge is 0.412 e. The minimum Gasteiger partial charge on any atom is -0.444 e. The zero-order chi connectivity index (χ0) is 26.7. The Labute approximate surface area is 218 Å². The standard InChI is InChI=1S/C30H45NO4Si/c1-22(2)19-23-20-27(32)31(28(33)35-29(3,4)5)26(23)21-34-36(30(6,7)8,24-15-11-9-12-16-24)25-17-13-10-14-18-25/h9-18,22-23,26-27,32H,19-21H2,1-8H3/t23-,26+,27?/m1/s1. The van der Waals surface area contributed by atoms with E-state index in [0.717, 1.165) is 6.42 Å². The third-order valence-electron chi connectivity index (χ3n) is 7.00. The van der Waals surface area contributed by atoms with Crippen LogP contribution in [0.3, 0.4) is 0 Å². The van der Waals surface area contributed by atoms with Gasteiger partial charge in [0.15, 0.2) is 0 Å². The molecule has 1 aliphatic rings. The Balaban J connectivity index is 2.05. The number of likely N-dealkylation sites (tertiary alicyclic amines) is 1. The van der Waals surface area contributed by atoms with Crippen LogP contribution in [0.15, 0.2) is 60.7 Å². The van der Waals surface area contributed by atoms with Crippen LogP contribution < -0.4 is 10.4 Å². The highest BCUT2D eigenvalue weighted by Crippen LogP contribution is 2.39. The molecule has 2 aromatic carbocycles. The highest BCUT2D eigenvalue weighted by atomic mass is 28.4. The Kier molecular flexibility index (Phi) is 8.74. The molecular formula is C30H45NO4Si. The van der Waals surface area contributed by atoms with Crippen molar-refractivity contribution < 1.29 is 19.1 Å². The van der Waals surface area contributed by atoms with Crippen LogP contribution in [-0.2, 0) is 9.16 Å². The molecule has 0 saturated carbocycles. The van der Waals surface area contributed by atoms with Gasteiger partial charge in [0.1, 0.15) is 11.8 Å². The molecule has 0 bridgehead atoms. The topological polar surface area (TPSA) is 59.0 Å². The summed E-state index contributed by atoms with van der Waals surface area (Å²) in [6, 6.07) is 20.8. The summed E-state index contributed by atoms with van der Waals surface area (Å²) in [4.78, 5) is 14.8. The maximum Gasteiger partial charge on any atom is 0.412 e. The summed E-state index contributed by atoms with van der Waals surface area (Å²) in [6.45, 7) is 17.0. The van der Waals surface area contributed by atoms with E-state index in [9.17, 15) is 9.90 Å². The number of ether oxygens (including phenoxy) is 1. The molecule has 1 saturated heterocycles. The highest BCUT2D eigenvalue weighted by Gasteiger charge is 2.52. The first-order valence-corrected chi connectivity index (χ1v) is 15.1. The van der Waals surface area contributed by atoms with Gasteiger partial charge in [-0.2, -0.15) is 0 Å². The van der Waals surface area contributed by atoms with Crippen LogP contribution in [0.4, 0.5) is 4.79 Å². The molecule has 1 fully saturated rings. The third-order valence-corrected chi connectivity index (χ3v) is 12.0. The number of hydrogen-bond acceptors (Lipinski definition) is 4. The number of hydrogen-bond donors (Lipinski definition) is 1. The summed E-state index contributed by atoms with van der Waals surface area (Å²) in [6.07, 6.45) is 0.0887. The zero-order valence-electron chi connectivity index (χ0n) is 23.3. The van der Waals surface area contributed by atoms with Gasteiger partial charge in [0.25, 0.3) is 8.32 Å². The largest absolute Gasteiger partial charge is 0.444 e. The first-order valence-electron chi connectivity index (χ1n) is 13.2. The Morgan fingerprint density at radius 2 is 1.47 bits per heavy atom. The van der Waals surface area contributed by atoms with Crippen LogP contribution in [0.2, 0.25) is 5.04 Å².